The van der Waals surface area contributed by atoms with E-state index in [2.05, 4.69) is 5.32 Å². The Morgan fingerprint density at radius 3 is 2.86 bits per heavy atom. The van der Waals surface area contributed by atoms with Gasteiger partial charge in [0.2, 0.25) is 0 Å². The predicted octanol–water partition coefficient (Wildman–Crippen LogP) is 1.85. The molecule has 0 aliphatic heterocycles. The van der Waals surface area contributed by atoms with Gasteiger partial charge in [0.05, 0.1) is 12.3 Å². The Morgan fingerprint density at radius 1 is 1.57 bits per heavy atom. The third-order valence-corrected chi connectivity index (χ3v) is 1.81. The zero-order chi connectivity index (χ0) is 10.6. The average Bonchev–Trinajstić information content (AvgIpc) is 2.10. The van der Waals surface area contributed by atoms with E-state index in [-0.39, 0.29) is 11.9 Å². The van der Waals surface area contributed by atoms with Crippen LogP contribution in [0.4, 0.5) is 15.8 Å². The van der Waals surface area contributed by atoms with E-state index in [4.69, 9.17) is 10.5 Å². The summed E-state index contributed by atoms with van der Waals surface area (Å²) in [5.74, 6) is -0.340. The van der Waals surface area contributed by atoms with E-state index >= 15 is 0 Å². The first-order valence-electron chi connectivity index (χ1n) is 4.44. The van der Waals surface area contributed by atoms with Gasteiger partial charge in [0.25, 0.3) is 0 Å². The molecule has 0 aliphatic rings. The number of halogens is 1. The number of nitrogen functional groups attached to an aromatic ring is 1. The minimum absolute atomic E-state index is 0.0677. The highest BCUT2D eigenvalue weighted by atomic mass is 19.1. The van der Waals surface area contributed by atoms with Crippen LogP contribution in [-0.2, 0) is 4.74 Å². The van der Waals surface area contributed by atoms with Crippen LogP contribution in [0.15, 0.2) is 18.2 Å². The number of anilines is 2. The molecule has 0 saturated carbocycles. The molecular formula is C10H15FN2O. The molecule has 1 atom stereocenters. The summed E-state index contributed by atoms with van der Waals surface area (Å²) in [5, 5.41) is 2.98. The van der Waals surface area contributed by atoms with Crippen LogP contribution < -0.4 is 11.1 Å². The lowest BCUT2D eigenvalue weighted by molar-refractivity contribution is 0.190. The smallest absolute Gasteiger partial charge is 0.148 e. The molecule has 3 nitrogen and oxygen atoms in total. The topological polar surface area (TPSA) is 47.3 Å². The second kappa shape index (κ2) is 4.81. The Labute approximate surface area is 83.1 Å². The van der Waals surface area contributed by atoms with E-state index in [1.807, 2.05) is 6.92 Å². The summed E-state index contributed by atoms with van der Waals surface area (Å²) in [6.45, 7) is 2.45. The van der Waals surface area contributed by atoms with Gasteiger partial charge in [-0.05, 0) is 25.1 Å². The number of hydrogen-bond acceptors (Lipinski definition) is 3. The number of rotatable bonds is 4. The van der Waals surface area contributed by atoms with Gasteiger partial charge in [-0.1, -0.05) is 0 Å². The molecule has 0 aromatic heterocycles. The van der Waals surface area contributed by atoms with E-state index in [9.17, 15) is 4.39 Å². The van der Waals surface area contributed by atoms with E-state index in [1.165, 1.54) is 6.07 Å². The number of methoxy groups -OCH3 is 1. The van der Waals surface area contributed by atoms with Crippen molar-refractivity contribution in [3.63, 3.8) is 0 Å². The molecule has 3 N–H and O–H groups in total. The Kier molecular flexibility index (Phi) is 3.71. The molecule has 4 heteroatoms. The molecule has 0 amide bonds. The zero-order valence-electron chi connectivity index (χ0n) is 8.38. The third-order valence-electron chi connectivity index (χ3n) is 1.81. The van der Waals surface area contributed by atoms with Crippen molar-refractivity contribution < 1.29 is 9.13 Å². The van der Waals surface area contributed by atoms with Gasteiger partial charge >= 0.3 is 0 Å². The van der Waals surface area contributed by atoms with Gasteiger partial charge in [-0.2, -0.15) is 0 Å². The average molecular weight is 198 g/mol. The quantitative estimate of drug-likeness (QED) is 0.726. The number of ether oxygens (including phenoxy) is 1. The van der Waals surface area contributed by atoms with Gasteiger partial charge in [0.1, 0.15) is 5.82 Å². The van der Waals surface area contributed by atoms with Crippen molar-refractivity contribution in [3.8, 4) is 0 Å². The number of nitrogens with two attached hydrogens (primary N) is 1. The molecule has 1 aromatic carbocycles. The molecule has 0 radical (unpaired) electrons. The Balaban J connectivity index is 2.67. The summed E-state index contributed by atoms with van der Waals surface area (Å²) in [5.41, 5.74) is 6.30. The second-order valence-electron chi connectivity index (χ2n) is 3.24. The summed E-state index contributed by atoms with van der Waals surface area (Å²) >= 11 is 0. The molecular weight excluding hydrogens is 183 g/mol. The highest BCUT2D eigenvalue weighted by Crippen LogP contribution is 2.17. The first kappa shape index (κ1) is 10.8. The molecule has 0 heterocycles. The summed E-state index contributed by atoms with van der Waals surface area (Å²) in [4.78, 5) is 0. The summed E-state index contributed by atoms with van der Waals surface area (Å²) < 4.78 is 18.2. The summed E-state index contributed by atoms with van der Waals surface area (Å²) in [6.07, 6.45) is 0. The first-order chi connectivity index (χ1) is 6.63. The molecule has 14 heavy (non-hydrogen) atoms. The number of nitrogens with one attached hydrogen (secondary N) is 1. The maximum Gasteiger partial charge on any atom is 0.148 e. The van der Waals surface area contributed by atoms with Crippen molar-refractivity contribution in [2.75, 3.05) is 24.8 Å². The van der Waals surface area contributed by atoms with Crippen molar-refractivity contribution in [3.05, 3.63) is 24.0 Å². The van der Waals surface area contributed by atoms with Crippen LogP contribution in [0, 0.1) is 5.82 Å². The molecule has 0 saturated heterocycles. The SMILES string of the molecule is COCC(C)Nc1ccc(N)cc1F. The van der Waals surface area contributed by atoms with Crippen LogP contribution in [0.5, 0.6) is 0 Å². The van der Waals surface area contributed by atoms with Crippen molar-refractivity contribution in [1.29, 1.82) is 0 Å². The Morgan fingerprint density at radius 2 is 2.29 bits per heavy atom. The molecule has 0 fully saturated rings. The number of hydrogen-bond donors (Lipinski definition) is 2. The van der Waals surface area contributed by atoms with Crippen molar-refractivity contribution in [2.24, 2.45) is 0 Å². The predicted molar refractivity (Wildman–Crippen MR) is 55.8 cm³/mol. The number of benzene rings is 1. The fourth-order valence-corrected chi connectivity index (χ4v) is 1.21. The third kappa shape index (κ3) is 2.88. The zero-order valence-corrected chi connectivity index (χ0v) is 8.38. The van der Waals surface area contributed by atoms with Crippen LogP contribution in [0.2, 0.25) is 0 Å². The van der Waals surface area contributed by atoms with E-state index < -0.39 is 0 Å². The lowest BCUT2D eigenvalue weighted by atomic mass is 10.2. The fourth-order valence-electron chi connectivity index (χ4n) is 1.21. The molecule has 0 aliphatic carbocycles. The van der Waals surface area contributed by atoms with Crippen LogP contribution in [0.25, 0.3) is 0 Å². The standard InChI is InChI=1S/C10H15FN2O/c1-7(6-14-2)13-10-4-3-8(12)5-9(10)11/h3-5,7,13H,6,12H2,1-2H3. The van der Waals surface area contributed by atoms with E-state index in [1.54, 1.807) is 19.2 Å². The molecule has 1 aromatic rings. The van der Waals surface area contributed by atoms with Gasteiger partial charge in [-0.15, -0.1) is 0 Å². The van der Waals surface area contributed by atoms with Gasteiger partial charge in [-0.3, -0.25) is 0 Å². The van der Waals surface area contributed by atoms with E-state index in [0.29, 0.717) is 18.0 Å². The lowest BCUT2D eigenvalue weighted by Crippen LogP contribution is -2.21. The van der Waals surface area contributed by atoms with Gasteiger partial charge in [-0.25, -0.2) is 4.39 Å². The van der Waals surface area contributed by atoms with Gasteiger partial charge < -0.3 is 15.8 Å². The van der Waals surface area contributed by atoms with Gasteiger partial charge in [0.15, 0.2) is 0 Å². The maximum absolute atomic E-state index is 13.3. The lowest BCUT2D eigenvalue weighted by Gasteiger charge is -2.14. The summed E-state index contributed by atoms with van der Waals surface area (Å²) in [7, 11) is 1.61. The van der Waals surface area contributed by atoms with Crippen LogP contribution >= 0.6 is 0 Å². The fraction of sp³-hybridized carbons (Fsp3) is 0.400. The molecule has 78 valence electrons. The Bertz CT molecular complexity index is 304. The van der Waals surface area contributed by atoms with Crippen LogP contribution in [0.1, 0.15) is 6.92 Å². The maximum atomic E-state index is 13.3. The molecule has 0 spiro atoms. The normalized spacial score (nSPS) is 12.5. The largest absolute Gasteiger partial charge is 0.399 e. The monoisotopic (exact) mass is 198 g/mol. The van der Waals surface area contributed by atoms with Crippen LogP contribution in [-0.4, -0.2) is 19.8 Å². The molecule has 0 bridgehead atoms. The first-order valence-corrected chi connectivity index (χ1v) is 4.44. The molecule has 1 unspecified atom stereocenters. The second-order valence-corrected chi connectivity index (χ2v) is 3.24. The van der Waals surface area contributed by atoms with Crippen LogP contribution in [0.3, 0.4) is 0 Å². The minimum atomic E-state index is -0.340. The summed E-state index contributed by atoms with van der Waals surface area (Å²) in [6, 6.07) is 4.64. The minimum Gasteiger partial charge on any atom is -0.399 e. The highest BCUT2D eigenvalue weighted by Gasteiger charge is 2.05. The van der Waals surface area contributed by atoms with E-state index in [0.717, 1.165) is 0 Å². The van der Waals surface area contributed by atoms with Crippen molar-refractivity contribution in [2.45, 2.75) is 13.0 Å². The Hall–Kier alpha value is -1.29. The van der Waals surface area contributed by atoms with Crippen molar-refractivity contribution in [1.82, 2.24) is 0 Å². The van der Waals surface area contributed by atoms with Crippen molar-refractivity contribution >= 4 is 11.4 Å². The molecule has 1 rings (SSSR count). The highest BCUT2D eigenvalue weighted by molar-refractivity contribution is 5.53. The van der Waals surface area contributed by atoms with Gasteiger partial charge in [0, 0.05) is 18.8 Å².